The van der Waals surface area contributed by atoms with Crippen molar-refractivity contribution < 1.29 is 14.3 Å². The van der Waals surface area contributed by atoms with Gasteiger partial charge in [0.2, 0.25) is 11.5 Å². The predicted molar refractivity (Wildman–Crippen MR) is 75.4 cm³/mol. The summed E-state index contributed by atoms with van der Waals surface area (Å²) >= 11 is 0. The van der Waals surface area contributed by atoms with Gasteiger partial charge in [0.1, 0.15) is 18.9 Å². The number of hydrogen-bond acceptors (Lipinski definition) is 5. The van der Waals surface area contributed by atoms with Crippen molar-refractivity contribution in [1.29, 1.82) is 0 Å². The van der Waals surface area contributed by atoms with E-state index in [1.807, 2.05) is 24.3 Å². The summed E-state index contributed by atoms with van der Waals surface area (Å²) in [6, 6.07) is 7.46. The fraction of sp³-hybridized carbons (Fsp3) is 0.286. The highest BCUT2D eigenvalue weighted by Gasteiger charge is 2.20. The maximum Gasteiger partial charge on any atom is 0.327 e. The Morgan fingerprint density at radius 1 is 1.48 bits per heavy atom. The largest absolute Gasteiger partial charge is 0.465 e. The zero-order valence-electron chi connectivity index (χ0n) is 11.5. The summed E-state index contributed by atoms with van der Waals surface area (Å²) in [4.78, 5) is 31.6. The van der Waals surface area contributed by atoms with Crippen molar-refractivity contribution in [3.63, 3.8) is 0 Å². The van der Waals surface area contributed by atoms with Gasteiger partial charge in [-0.05, 0) is 19.1 Å². The van der Waals surface area contributed by atoms with Crippen molar-refractivity contribution in [2.45, 2.75) is 13.5 Å². The van der Waals surface area contributed by atoms with Gasteiger partial charge in [-0.25, -0.2) is 9.98 Å². The predicted octanol–water partition coefficient (Wildman–Crippen LogP) is 0.452. The molecule has 0 aliphatic carbocycles. The highest BCUT2D eigenvalue weighted by atomic mass is 16.5. The minimum Gasteiger partial charge on any atom is -0.465 e. The molecule has 0 spiro atoms. The van der Waals surface area contributed by atoms with Crippen LogP contribution < -0.4 is 10.9 Å². The molecule has 3 rings (SSSR count). The SMILES string of the molecule is CCOC(=O)CN=c1nc2ccccc2c2n1CC(=O)N2. The minimum absolute atomic E-state index is 0.118. The van der Waals surface area contributed by atoms with Gasteiger partial charge in [0, 0.05) is 5.39 Å². The second-order valence-electron chi connectivity index (χ2n) is 4.53. The molecular weight excluding hydrogens is 272 g/mol. The Hall–Kier alpha value is -2.70. The number of hydrogen-bond donors (Lipinski definition) is 1. The third kappa shape index (κ3) is 2.49. The van der Waals surface area contributed by atoms with Crippen LogP contribution in [-0.4, -0.2) is 34.6 Å². The van der Waals surface area contributed by atoms with E-state index in [2.05, 4.69) is 15.3 Å². The van der Waals surface area contributed by atoms with Crippen LogP contribution >= 0.6 is 0 Å². The first-order chi connectivity index (χ1) is 10.2. The quantitative estimate of drug-likeness (QED) is 0.830. The van der Waals surface area contributed by atoms with Gasteiger partial charge < -0.3 is 10.1 Å². The lowest BCUT2D eigenvalue weighted by molar-refractivity contribution is -0.141. The lowest BCUT2D eigenvalue weighted by Gasteiger charge is -2.07. The second-order valence-corrected chi connectivity index (χ2v) is 4.53. The molecule has 7 heteroatoms. The molecule has 0 saturated carbocycles. The van der Waals surface area contributed by atoms with Crippen molar-refractivity contribution in [1.82, 2.24) is 9.55 Å². The highest BCUT2D eigenvalue weighted by molar-refractivity contribution is 6.02. The van der Waals surface area contributed by atoms with Crippen LogP contribution in [0.2, 0.25) is 0 Å². The Morgan fingerprint density at radius 2 is 2.29 bits per heavy atom. The zero-order chi connectivity index (χ0) is 14.8. The molecule has 1 aliphatic heterocycles. The Morgan fingerprint density at radius 3 is 3.10 bits per heavy atom. The number of aromatic nitrogens is 2. The summed E-state index contributed by atoms with van der Waals surface area (Å²) in [6.45, 7) is 2.08. The maximum atomic E-state index is 11.6. The molecule has 2 aromatic rings. The van der Waals surface area contributed by atoms with Gasteiger partial charge in [0.25, 0.3) is 0 Å². The summed E-state index contributed by atoms with van der Waals surface area (Å²) in [7, 11) is 0. The van der Waals surface area contributed by atoms with Gasteiger partial charge in [-0.15, -0.1) is 0 Å². The maximum absolute atomic E-state index is 11.6. The summed E-state index contributed by atoms with van der Waals surface area (Å²) in [6.07, 6.45) is 0. The normalized spacial score (nSPS) is 14.1. The molecular formula is C14H14N4O3. The first-order valence-electron chi connectivity index (χ1n) is 6.64. The van der Waals surface area contributed by atoms with Crippen LogP contribution in [0.4, 0.5) is 5.82 Å². The Bertz CT molecular complexity index is 794. The molecule has 1 aliphatic rings. The lowest BCUT2D eigenvalue weighted by atomic mass is 10.2. The van der Waals surface area contributed by atoms with E-state index >= 15 is 0 Å². The number of para-hydroxylation sites is 1. The fourth-order valence-electron chi connectivity index (χ4n) is 2.25. The minimum atomic E-state index is -0.418. The summed E-state index contributed by atoms with van der Waals surface area (Å²) in [5.41, 5.74) is 1.06. The fourth-order valence-corrected chi connectivity index (χ4v) is 2.25. The van der Waals surface area contributed by atoms with Gasteiger partial charge >= 0.3 is 5.97 Å². The number of fused-ring (bicyclic) bond motifs is 3. The van der Waals surface area contributed by atoms with E-state index in [9.17, 15) is 9.59 Å². The van der Waals surface area contributed by atoms with Crippen LogP contribution in [-0.2, 0) is 20.9 Å². The number of rotatable bonds is 3. The van der Waals surface area contributed by atoms with Gasteiger partial charge in [0.15, 0.2) is 0 Å². The van der Waals surface area contributed by atoms with Crippen molar-refractivity contribution in [2.75, 3.05) is 18.5 Å². The van der Waals surface area contributed by atoms with Crippen molar-refractivity contribution in [3.8, 4) is 0 Å². The number of nitrogens with one attached hydrogen (secondary N) is 1. The molecule has 0 radical (unpaired) electrons. The van der Waals surface area contributed by atoms with Gasteiger partial charge in [-0.3, -0.25) is 14.2 Å². The number of ether oxygens (including phenoxy) is 1. The second kappa shape index (κ2) is 5.35. The monoisotopic (exact) mass is 286 g/mol. The molecule has 0 bridgehead atoms. The third-order valence-electron chi connectivity index (χ3n) is 3.11. The smallest absolute Gasteiger partial charge is 0.327 e. The van der Waals surface area contributed by atoms with Crippen LogP contribution in [0.1, 0.15) is 6.92 Å². The van der Waals surface area contributed by atoms with E-state index in [1.54, 1.807) is 11.5 Å². The molecule has 1 aromatic heterocycles. The van der Waals surface area contributed by atoms with E-state index in [0.29, 0.717) is 23.6 Å². The number of benzene rings is 1. The molecule has 0 unspecified atom stereocenters. The van der Waals surface area contributed by atoms with E-state index < -0.39 is 5.97 Å². The molecule has 0 saturated heterocycles. The van der Waals surface area contributed by atoms with Crippen LogP contribution in [0.3, 0.4) is 0 Å². The molecule has 1 amide bonds. The molecule has 0 fully saturated rings. The molecule has 108 valence electrons. The molecule has 2 heterocycles. The van der Waals surface area contributed by atoms with Crippen LogP contribution in [0.15, 0.2) is 29.3 Å². The number of carbonyl (C=O) groups excluding carboxylic acids is 2. The molecule has 0 atom stereocenters. The average Bonchev–Trinajstić information content (AvgIpc) is 2.87. The van der Waals surface area contributed by atoms with Gasteiger partial charge in [0.05, 0.1) is 12.1 Å². The molecule has 1 N–H and O–H groups in total. The molecule has 1 aromatic carbocycles. The molecule has 21 heavy (non-hydrogen) atoms. The van der Waals surface area contributed by atoms with Crippen LogP contribution in [0, 0.1) is 0 Å². The Labute approximate surface area is 120 Å². The average molecular weight is 286 g/mol. The third-order valence-corrected chi connectivity index (χ3v) is 3.11. The Kier molecular flexibility index (Phi) is 3.39. The summed E-state index contributed by atoms with van der Waals surface area (Å²) < 4.78 is 6.51. The van der Waals surface area contributed by atoms with Gasteiger partial charge in [-0.2, -0.15) is 0 Å². The number of amides is 1. The van der Waals surface area contributed by atoms with Crippen LogP contribution in [0.25, 0.3) is 10.9 Å². The van der Waals surface area contributed by atoms with E-state index in [0.717, 1.165) is 5.39 Å². The van der Waals surface area contributed by atoms with Crippen molar-refractivity contribution in [3.05, 3.63) is 29.9 Å². The zero-order valence-corrected chi connectivity index (χ0v) is 11.5. The summed E-state index contributed by atoms with van der Waals surface area (Å²) in [5, 5.41) is 3.65. The number of nitrogens with zero attached hydrogens (tertiary/aromatic N) is 3. The van der Waals surface area contributed by atoms with Crippen LogP contribution in [0.5, 0.6) is 0 Å². The number of carbonyl (C=O) groups is 2. The van der Waals surface area contributed by atoms with Crippen molar-refractivity contribution in [2.24, 2.45) is 4.99 Å². The summed E-state index contributed by atoms with van der Waals surface area (Å²) in [5.74, 6) is 0.119. The standard InChI is InChI=1S/C14H14N4O3/c1-2-21-12(20)7-15-14-16-10-6-4-3-5-9(10)13-17-11(19)8-18(13)14/h3-6H,2,7-8H2,1H3,(H,17,19). The highest BCUT2D eigenvalue weighted by Crippen LogP contribution is 2.22. The number of esters is 1. The first-order valence-corrected chi connectivity index (χ1v) is 6.64. The number of anilines is 1. The van der Waals surface area contributed by atoms with E-state index in [-0.39, 0.29) is 19.0 Å². The van der Waals surface area contributed by atoms with E-state index in [1.165, 1.54) is 0 Å². The Balaban J connectivity index is 2.11. The van der Waals surface area contributed by atoms with Crippen molar-refractivity contribution >= 4 is 28.6 Å². The topological polar surface area (TPSA) is 85.6 Å². The lowest BCUT2D eigenvalue weighted by Crippen LogP contribution is -2.25. The van der Waals surface area contributed by atoms with E-state index in [4.69, 9.17) is 4.74 Å². The van der Waals surface area contributed by atoms with Gasteiger partial charge in [-0.1, -0.05) is 12.1 Å². The first kappa shape index (κ1) is 13.3. The molecule has 7 nitrogen and oxygen atoms in total.